The molecule has 158 valence electrons. The first-order chi connectivity index (χ1) is 15.0. The summed E-state index contributed by atoms with van der Waals surface area (Å²) in [5.74, 6) is 1.60. The fraction of sp³-hybridized carbons (Fsp3) is 0.231. The monoisotopic (exact) mass is 413 g/mol. The van der Waals surface area contributed by atoms with Gasteiger partial charge in [-0.15, -0.1) is 0 Å². The van der Waals surface area contributed by atoms with Crippen LogP contribution in [0.5, 0.6) is 5.75 Å². The molecule has 1 aromatic heterocycles. The molecule has 0 spiro atoms. The second-order valence-electron chi connectivity index (χ2n) is 7.84. The minimum absolute atomic E-state index is 0.0355. The molecule has 5 heteroatoms. The van der Waals surface area contributed by atoms with Crippen LogP contribution in [-0.4, -0.2) is 22.6 Å². The van der Waals surface area contributed by atoms with Crippen LogP contribution >= 0.6 is 0 Å². The van der Waals surface area contributed by atoms with Crippen molar-refractivity contribution in [1.82, 2.24) is 14.9 Å². The Morgan fingerprint density at radius 3 is 2.39 bits per heavy atom. The maximum Gasteiger partial charge on any atom is 0.224 e. The van der Waals surface area contributed by atoms with Gasteiger partial charge in [0, 0.05) is 6.54 Å². The molecule has 0 bridgehead atoms. The van der Waals surface area contributed by atoms with Crippen molar-refractivity contribution >= 4 is 16.9 Å². The van der Waals surface area contributed by atoms with E-state index in [1.54, 1.807) is 7.11 Å². The molecule has 0 aliphatic rings. The predicted molar refractivity (Wildman–Crippen MR) is 123 cm³/mol. The van der Waals surface area contributed by atoms with Crippen LogP contribution in [0.2, 0.25) is 0 Å². The molecule has 1 heterocycles. The summed E-state index contributed by atoms with van der Waals surface area (Å²) in [6, 6.07) is 24.0. The number of hydrogen-bond donors (Lipinski definition) is 1. The van der Waals surface area contributed by atoms with Gasteiger partial charge in [0.25, 0.3) is 0 Å². The van der Waals surface area contributed by atoms with Gasteiger partial charge in [-0.2, -0.15) is 0 Å². The van der Waals surface area contributed by atoms with Crippen molar-refractivity contribution in [3.8, 4) is 5.75 Å². The summed E-state index contributed by atoms with van der Waals surface area (Å²) in [6.45, 7) is 4.77. The molecule has 1 atom stereocenters. The van der Waals surface area contributed by atoms with Crippen LogP contribution in [0.15, 0.2) is 72.8 Å². The van der Waals surface area contributed by atoms with E-state index in [2.05, 4.69) is 47.1 Å². The zero-order valence-corrected chi connectivity index (χ0v) is 18.1. The first kappa shape index (κ1) is 20.7. The number of hydrogen-bond acceptors (Lipinski definition) is 3. The van der Waals surface area contributed by atoms with Crippen molar-refractivity contribution in [2.45, 2.75) is 32.9 Å². The van der Waals surface area contributed by atoms with Gasteiger partial charge in [0.2, 0.25) is 5.91 Å². The maximum atomic E-state index is 12.7. The molecule has 4 rings (SSSR count). The molecule has 0 radical (unpaired) electrons. The largest absolute Gasteiger partial charge is 0.497 e. The van der Waals surface area contributed by atoms with Crippen LogP contribution < -0.4 is 10.1 Å². The third-order valence-electron chi connectivity index (χ3n) is 5.43. The lowest BCUT2D eigenvalue weighted by molar-refractivity contribution is -0.121. The van der Waals surface area contributed by atoms with Crippen molar-refractivity contribution < 1.29 is 9.53 Å². The molecule has 1 N–H and O–H groups in total. The van der Waals surface area contributed by atoms with Gasteiger partial charge in [0.1, 0.15) is 11.6 Å². The number of aromatic nitrogens is 2. The Labute approximate surface area is 182 Å². The van der Waals surface area contributed by atoms with E-state index in [1.165, 1.54) is 11.1 Å². The number of carbonyl (C=O) groups excluding carboxylic acids is 1. The van der Waals surface area contributed by atoms with Crippen molar-refractivity contribution in [2.75, 3.05) is 7.11 Å². The topological polar surface area (TPSA) is 56.1 Å². The van der Waals surface area contributed by atoms with E-state index < -0.39 is 0 Å². The van der Waals surface area contributed by atoms with E-state index in [0.717, 1.165) is 28.2 Å². The highest BCUT2D eigenvalue weighted by molar-refractivity contribution is 5.80. The van der Waals surface area contributed by atoms with Gasteiger partial charge in [0.15, 0.2) is 0 Å². The van der Waals surface area contributed by atoms with E-state index in [4.69, 9.17) is 9.72 Å². The predicted octanol–water partition coefficient (Wildman–Crippen LogP) is 4.82. The summed E-state index contributed by atoms with van der Waals surface area (Å²) in [5, 5.41) is 3.12. The lowest BCUT2D eigenvalue weighted by atomic mass is 10.1. The minimum atomic E-state index is -0.219. The van der Waals surface area contributed by atoms with Crippen LogP contribution in [-0.2, 0) is 17.8 Å². The van der Waals surface area contributed by atoms with E-state index in [9.17, 15) is 4.79 Å². The van der Waals surface area contributed by atoms with E-state index in [-0.39, 0.29) is 11.9 Å². The van der Waals surface area contributed by atoms with Crippen LogP contribution in [0.4, 0.5) is 0 Å². The molecule has 0 saturated heterocycles. The van der Waals surface area contributed by atoms with Gasteiger partial charge in [-0.05, 0) is 49.2 Å². The van der Waals surface area contributed by atoms with Crippen molar-refractivity contribution in [3.05, 3.63) is 95.3 Å². The summed E-state index contributed by atoms with van der Waals surface area (Å²) in [4.78, 5) is 17.5. The summed E-state index contributed by atoms with van der Waals surface area (Å²) < 4.78 is 7.38. The molecule has 1 amide bonds. The average Bonchev–Trinajstić information content (AvgIpc) is 3.14. The Morgan fingerprint density at radius 2 is 1.68 bits per heavy atom. The van der Waals surface area contributed by atoms with Crippen molar-refractivity contribution in [3.63, 3.8) is 0 Å². The molecule has 4 aromatic rings. The second kappa shape index (κ2) is 9.04. The number of carbonyl (C=O) groups is 1. The van der Waals surface area contributed by atoms with Gasteiger partial charge in [0.05, 0.1) is 30.6 Å². The molecule has 0 saturated carbocycles. The van der Waals surface area contributed by atoms with Gasteiger partial charge in [-0.1, -0.05) is 54.1 Å². The number of fused-ring (bicyclic) bond motifs is 1. The van der Waals surface area contributed by atoms with Crippen LogP contribution in [0.1, 0.15) is 35.5 Å². The van der Waals surface area contributed by atoms with E-state index in [1.807, 2.05) is 49.4 Å². The third-order valence-corrected chi connectivity index (χ3v) is 5.43. The zero-order chi connectivity index (χ0) is 21.8. The number of aryl methyl sites for hydroxylation is 1. The summed E-state index contributed by atoms with van der Waals surface area (Å²) >= 11 is 0. The second-order valence-corrected chi connectivity index (χ2v) is 7.84. The first-order valence-corrected chi connectivity index (χ1v) is 10.5. The number of benzene rings is 3. The highest BCUT2D eigenvalue weighted by Crippen LogP contribution is 2.23. The van der Waals surface area contributed by atoms with E-state index in [0.29, 0.717) is 13.0 Å². The van der Waals surface area contributed by atoms with Crippen LogP contribution in [0.25, 0.3) is 11.0 Å². The number of rotatable bonds is 7. The Bertz CT molecular complexity index is 1180. The number of nitrogens with zero attached hydrogens (tertiary/aromatic N) is 2. The molecule has 0 aliphatic carbocycles. The third kappa shape index (κ3) is 4.77. The Morgan fingerprint density at radius 1 is 1.00 bits per heavy atom. The fourth-order valence-corrected chi connectivity index (χ4v) is 3.75. The number of methoxy groups -OCH3 is 1. The van der Waals surface area contributed by atoms with Gasteiger partial charge < -0.3 is 14.6 Å². The smallest absolute Gasteiger partial charge is 0.224 e. The molecule has 1 unspecified atom stereocenters. The first-order valence-electron chi connectivity index (χ1n) is 10.5. The normalized spacial score (nSPS) is 12.0. The molecule has 5 nitrogen and oxygen atoms in total. The molecule has 0 fully saturated rings. The molecular weight excluding hydrogens is 386 g/mol. The van der Waals surface area contributed by atoms with Crippen LogP contribution in [0, 0.1) is 6.92 Å². The number of amides is 1. The Balaban J connectivity index is 1.55. The van der Waals surface area contributed by atoms with Crippen LogP contribution in [0.3, 0.4) is 0 Å². The summed E-state index contributed by atoms with van der Waals surface area (Å²) in [7, 11) is 1.63. The molecular formula is C26H27N3O2. The minimum Gasteiger partial charge on any atom is -0.497 e. The number of nitrogens with one attached hydrogen (secondary N) is 1. The standard InChI is InChI=1S/C26H27N3O2/c1-18-8-10-21(11-9-18)17-29-24-7-5-4-6-23(24)28-26(29)19(2)27-25(30)16-20-12-14-22(31-3)15-13-20/h4-15,19H,16-17H2,1-3H3,(H,27,30). The maximum absolute atomic E-state index is 12.7. The van der Waals surface area contributed by atoms with Gasteiger partial charge in [-0.3, -0.25) is 4.79 Å². The summed E-state index contributed by atoms with van der Waals surface area (Å²) in [5.41, 5.74) is 5.37. The molecule has 31 heavy (non-hydrogen) atoms. The zero-order valence-electron chi connectivity index (χ0n) is 18.1. The SMILES string of the molecule is COc1ccc(CC(=O)NC(C)c2nc3ccccc3n2Cc2ccc(C)cc2)cc1. The Kier molecular flexibility index (Phi) is 6.03. The number of imidazole rings is 1. The van der Waals surface area contributed by atoms with Gasteiger partial charge in [-0.25, -0.2) is 4.98 Å². The number of ether oxygens (including phenoxy) is 1. The quantitative estimate of drug-likeness (QED) is 0.473. The average molecular weight is 414 g/mol. The lowest BCUT2D eigenvalue weighted by Crippen LogP contribution is -2.30. The highest BCUT2D eigenvalue weighted by atomic mass is 16.5. The summed E-state index contributed by atoms with van der Waals surface area (Å²) in [6.07, 6.45) is 0.312. The van der Waals surface area contributed by atoms with Crippen molar-refractivity contribution in [2.24, 2.45) is 0 Å². The number of para-hydroxylation sites is 2. The highest BCUT2D eigenvalue weighted by Gasteiger charge is 2.19. The molecule has 3 aromatic carbocycles. The van der Waals surface area contributed by atoms with E-state index >= 15 is 0 Å². The fourth-order valence-electron chi connectivity index (χ4n) is 3.75. The lowest BCUT2D eigenvalue weighted by Gasteiger charge is -2.17. The Hall–Kier alpha value is -3.60. The molecule has 0 aliphatic heterocycles. The van der Waals surface area contributed by atoms with Gasteiger partial charge >= 0.3 is 0 Å². The van der Waals surface area contributed by atoms with Crippen molar-refractivity contribution in [1.29, 1.82) is 0 Å².